The lowest BCUT2D eigenvalue weighted by Gasteiger charge is -2.35. The van der Waals surface area contributed by atoms with Crippen molar-refractivity contribution in [1.29, 1.82) is 0 Å². The Kier molecular flexibility index (Phi) is 9.92. The highest BCUT2D eigenvalue weighted by Gasteiger charge is 2.29. The highest BCUT2D eigenvalue weighted by molar-refractivity contribution is 5.19. The van der Waals surface area contributed by atoms with E-state index < -0.39 is 12.2 Å². The maximum Gasteiger partial charge on any atom is 0.0830 e. The van der Waals surface area contributed by atoms with Crippen LogP contribution in [0.4, 0.5) is 0 Å². The molecule has 0 aromatic heterocycles. The van der Waals surface area contributed by atoms with E-state index >= 15 is 0 Å². The number of benzene rings is 2. The Morgan fingerprint density at radius 1 is 0.588 bits per heavy atom. The van der Waals surface area contributed by atoms with E-state index in [9.17, 15) is 10.2 Å². The van der Waals surface area contributed by atoms with Crippen LogP contribution in [-0.2, 0) is 9.47 Å². The Hall–Kier alpha value is -1.80. The molecule has 2 aromatic rings. The minimum atomic E-state index is -0.526. The molecule has 2 aliphatic heterocycles. The molecule has 2 saturated heterocycles. The van der Waals surface area contributed by atoms with E-state index in [1.165, 1.54) is 0 Å². The highest BCUT2D eigenvalue weighted by Crippen LogP contribution is 2.33. The van der Waals surface area contributed by atoms with Gasteiger partial charge in [0.25, 0.3) is 0 Å². The van der Waals surface area contributed by atoms with Gasteiger partial charge in [0.15, 0.2) is 0 Å². The SMILES string of the molecule is O[C@H](c1ccccc1)[C@H](CC[C@H](CN1CCOCC1)[C@H](O)c1ccccc1)CN1CCOCC1. The van der Waals surface area contributed by atoms with E-state index in [1.807, 2.05) is 60.7 Å². The lowest BCUT2D eigenvalue weighted by Crippen LogP contribution is -2.42. The summed E-state index contributed by atoms with van der Waals surface area (Å²) >= 11 is 0. The first-order valence-electron chi connectivity index (χ1n) is 12.8. The van der Waals surface area contributed by atoms with Gasteiger partial charge in [-0.2, -0.15) is 0 Å². The van der Waals surface area contributed by atoms with Crippen LogP contribution in [0.1, 0.15) is 36.2 Å². The summed E-state index contributed by atoms with van der Waals surface area (Å²) in [5, 5.41) is 22.7. The molecule has 2 fully saturated rings. The van der Waals surface area contributed by atoms with Crippen molar-refractivity contribution in [2.75, 3.05) is 65.7 Å². The van der Waals surface area contributed by atoms with Crippen LogP contribution in [0.2, 0.25) is 0 Å². The smallest absolute Gasteiger partial charge is 0.0830 e. The molecule has 0 aliphatic carbocycles. The van der Waals surface area contributed by atoms with Gasteiger partial charge in [-0.25, -0.2) is 0 Å². The Balaban J connectivity index is 1.47. The number of morpholine rings is 2. The number of hydrogen-bond acceptors (Lipinski definition) is 6. The van der Waals surface area contributed by atoms with Crippen LogP contribution in [0.25, 0.3) is 0 Å². The number of nitrogens with zero attached hydrogens (tertiary/aromatic N) is 2. The molecule has 2 aliphatic rings. The van der Waals surface area contributed by atoms with Crippen LogP contribution >= 0.6 is 0 Å². The average molecular weight is 469 g/mol. The van der Waals surface area contributed by atoms with Crippen molar-refractivity contribution >= 4 is 0 Å². The van der Waals surface area contributed by atoms with Gasteiger partial charge in [-0.3, -0.25) is 9.80 Å². The fraction of sp³-hybridized carbons (Fsp3) is 0.571. The van der Waals surface area contributed by atoms with E-state index in [4.69, 9.17) is 9.47 Å². The maximum atomic E-state index is 11.4. The molecule has 0 spiro atoms. The number of aliphatic hydroxyl groups is 2. The summed E-state index contributed by atoms with van der Waals surface area (Å²) in [6.45, 7) is 8.30. The molecular formula is C28H40N2O4. The van der Waals surface area contributed by atoms with Gasteiger partial charge < -0.3 is 19.7 Å². The molecule has 0 radical (unpaired) electrons. The van der Waals surface area contributed by atoms with E-state index in [-0.39, 0.29) is 11.8 Å². The largest absolute Gasteiger partial charge is 0.388 e. The van der Waals surface area contributed by atoms with E-state index in [1.54, 1.807) is 0 Å². The number of rotatable bonds is 11. The van der Waals surface area contributed by atoms with Gasteiger partial charge in [0.1, 0.15) is 0 Å². The van der Waals surface area contributed by atoms with Crippen LogP contribution in [0.5, 0.6) is 0 Å². The third kappa shape index (κ3) is 7.35. The minimum absolute atomic E-state index is 0.0932. The number of aliphatic hydroxyl groups excluding tert-OH is 2. The molecule has 2 N–H and O–H groups in total. The van der Waals surface area contributed by atoms with Crippen LogP contribution < -0.4 is 0 Å². The third-order valence-electron chi connectivity index (χ3n) is 7.28. The van der Waals surface area contributed by atoms with Gasteiger partial charge >= 0.3 is 0 Å². The molecule has 0 saturated carbocycles. The van der Waals surface area contributed by atoms with Gasteiger partial charge in [-0.05, 0) is 24.0 Å². The van der Waals surface area contributed by atoms with Gasteiger partial charge in [-0.1, -0.05) is 60.7 Å². The molecule has 0 bridgehead atoms. The third-order valence-corrected chi connectivity index (χ3v) is 7.28. The van der Waals surface area contributed by atoms with Crippen molar-refractivity contribution in [2.45, 2.75) is 25.0 Å². The quantitative estimate of drug-likeness (QED) is 0.528. The summed E-state index contributed by atoms with van der Waals surface area (Å²) in [5.41, 5.74) is 1.93. The first kappa shape index (κ1) is 25.3. The molecule has 6 nitrogen and oxygen atoms in total. The summed E-state index contributed by atoms with van der Waals surface area (Å²) in [5.74, 6) is 0.186. The van der Waals surface area contributed by atoms with Gasteiger partial charge in [0, 0.05) is 51.1 Å². The van der Waals surface area contributed by atoms with Gasteiger partial charge in [0.2, 0.25) is 0 Å². The molecule has 34 heavy (non-hydrogen) atoms. The second-order valence-corrected chi connectivity index (χ2v) is 9.63. The van der Waals surface area contributed by atoms with Gasteiger partial charge in [0.05, 0.1) is 38.6 Å². The monoisotopic (exact) mass is 468 g/mol. The second-order valence-electron chi connectivity index (χ2n) is 9.63. The summed E-state index contributed by atoms with van der Waals surface area (Å²) in [4.78, 5) is 4.82. The lowest BCUT2D eigenvalue weighted by molar-refractivity contribution is -0.00326. The van der Waals surface area contributed by atoms with Crippen molar-refractivity contribution in [3.8, 4) is 0 Å². The summed E-state index contributed by atoms with van der Waals surface area (Å²) < 4.78 is 11.1. The first-order chi connectivity index (χ1) is 16.7. The number of hydrogen-bond donors (Lipinski definition) is 2. The van der Waals surface area contributed by atoms with Crippen molar-refractivity contribution in [3.05, 3.63) is 71.8 Å². The topological polar surface area (TPSA) is 65.4 Å². The van der Waals surface area contributed by atoms with Crippen molar-refractivity contribution in [3.63, 3.8) is 0 Å². The molecule has 6 heteroatoms. The summed E-state index contributed by atoms with van der Waals surface area (Å²) in [7, 11) is 0. The fourth-order valence-corrected chi connectivity index (χ4v) is 5.20. The molecule has 4 atom stereocenters. The molecule has 0 unspecified atom stereocenters. The normalized spacial score (nSPS) is 21.6. The van der Waals surface area contributed by atoms with Crippen LogP contribution in [0, 0.1) is 11.8 Å². The zero-order chi connectivity index (χ0) is 23.6. The van der Waals surface area contributed by atoms with Crippen molar-refractivity contribution in [2.24, 2.45) is 11.8 Å². The molecule has 2 aromatic carbocycles. The summed E-state index contributed by atoms with van der Waals surface area (Å²) in [6, 6.07) is 20.0. The lowest BCUT2D eigenvalue weighted by atomic mass is 9.84. The minimum Gasteiger partial charge on any atom is -0.388 e. The second kappa shape index (κ2) is 13.3. The Labute approximate surface area is 204 Å². The van der Waals surface area contributed by atoms with Gasteiger partial charge in [-0.15, -0.1) is 0 Å². The molecule has 2 heterocycles. The summed E-state index contributed by atoms with van der Waals surface area (Å²) in [6.07, 6.45) is 0.655. The predicted molar refractivity (Wildman–Crippen MR) is 134 cm³/mol. The van der Waals surface area contributed by atoms with Crippen LogP contribution in [0.15, 0.2) is 60.7 Å². The van der Waals surface area contributed by atoms with E-state index in [2.05, 4.69) is 9.80 Å². The predicted octanol–water partition coefficient (Wildman–Crippen LogP) is 3.13. The maximum absolute atomic E-state index is 11.4. The van der Waals surface area contributed by atoms with Crippen molar-refractivity contribution in [1.82, 2.24) is 9.80 Å². The molecule has 186 valence electrons. The highest BCUT2D eigenvalue weighted by atomic mass is 16.5. The zero-order valence-electron chi connectivity index (χ0n) is 20.2. The Morgan fingerprint density at radius 2 is 0.941 bits per heavy atom. The number of ether oxygens (including phenoxy) is 2. The Bertz CT molecular complexity index is 740. The fourth-order valence-electron chi connectivity index (χ4n) is 5.20. The van der Waals surface area contributed by atoms with E-state index in [0.29, 0.717) is 0 Å². The standard InChI is InChI=1S/C28H40N2O4/c31-27(23-7-3-1-4-8-23)25(21-29-13-17-33-18-14-29)11-12-26(22-30-15-19-34-20-16-30)28(32)24-9-5-2-6-10-24/h1-10,25-28,31-32H,11-22H2/t25-,26-,27-,28-/m1/s1. The first-order valence-corrected chi connectivity index (χ1v) is 12.8. The zero-order valence-corrected chi connectivity index (χ0v) is 20.2. The van der Waals surface area contributed by atoms with Crippen LogP contribution in [-0.4, -0.2) is 85.7 Å². The van der Waals surface area contributed by atoms with Crippen molar-refractivity contribution < 1.29 is 19.7 Å². The van der Waals surface area contributed by atoms with E-state index in [0.717, 1.165) is 89.7 Å². The molecule has 4 rings (SSSR count). The average Bonchev–Trinajstić information content (AvgIpc) is 2.91. The molecular weight excluding hydrogens is 428 g/mol. The molecule has 0 amide bonds. The Morgan fingerprint density at radius 3 is 1.29 bits per heavy atom. The van der Waals surface area contributed by atoms with Crippen LogP contribution in [0.3, 0.4) is 0 Å².